The molecule has 112 valence electrons. The van der Waals surface area contributed by atoms with Crippen LogP contribution in [-0.2, 0) is 0 Å². The number of halogens is 1. The minimum Gasteiger partial charge on any atom is -0.298 e. The van der Waals surface area contributed by atoms with Crippen LogP contribution in [0.25, 0.3) is 0 Å². The number of carbonyl (C=O) groups is 2. The maximum absolute atomic E-state index is 13.4. The molecular formula is C15H12FN3O2S. The Labute approximate surface area is 131 Å². The fraction of sp³-hybridized carbons (Fsp3) is 0. The van der Waals surface area contributed by atoms with Crippen LogP contribution in [-0.4, -0.2) is 16.9 Å². The van der Waals surface area contributed by atoms with Crippen LogP contribution in [0.3, 0.4) is 0 Å². The van der Waals surface area contributed by atoms with Gasteiger partial charge in [-0.15, -0.1) is 0 Å². The Morgan fingerprint density at radius 1 is 0.864 bits per heavy atom. The first-order chi connectivity index (χ1) is 10.6. The number of rotatable bonds is 2. The minimum absolute atomic E-state index is 0.138. The van der Waals surface area contributed by atoms with Crippen LogP contribution in [0.15, 0.2) is 54.6 Å². The predicted octanol–water partition coefficient (Wildman–Crippen LogP) is 1.77. The Morgan fingerprint density at radius 2 is 1.50 bits per heavy atom. The number of nitrogens with one attached hydrogen (secondary N) is 3. The second kappa shape index (κ2) is 7.28. The molecular weight excluding hydrogens is 305 g/mol. The number of hydrazine groups is 1. The molecule has 0 atom stereocenters. The molecule has 0 saturated carbocycles. The zero-order chi connectivity index (χ0) is 15.9. The number of carbonyl (C=O) groups excluding carboxylic acids is 2. The van der Waals surface area contributed by atoms with Crippen molar-refractivity contribution in [3.8, 4) is 0 Å². The van der Waals surface area contributed by atoms with Gasteiger partial charge in [0, 0.05) is 5.56 Å². The number of benzene rings is 2. The van der Waals surface area contributed by atoms with Gasteiger partial charge >= 0.3 is 0 Å². The van der Waals surface area contributed by atoms with E-state index in [1.54, 1.807) is 30.3 Å². The summed E-state index contributed by atoms with van der Waals surface area (Å²) in [6.07, 6.45) is 0. The third-order valence-corrected chi connectivity index (χ3v) is 2.88. The molecule has 22 heavy (non-hydrogen) atoms. The van der Waals surface area contributed by atoms with Crippen LogP contribution in [0, 0.1) is 5.82 Å². The zero-order valence-corrected chi connectivity index (χ0v) is 12.1. The Hall–Kier alpha value is -2.80. The summed E-state index contributed by atoms with van der Waals surface area (Å²) in [7, 11) is 0. The molecule has 0 heterocycles. The summed E-state index contributed by atoms with van der Waals surface area (Å²) in [6.45, 7) is 0. The quantitative estimate of drug-likeness (QED) is 0.583. The first-order valence-corrected chi connectivity index (χ1v) is 6.70. The van der Waals surface area contributed by atoms with Crippen molar-refractivity contribution in [3.63, 3.8) is 0 Å². The van der Waals surface area contributed by atoms with E-state index in [0.717, 1.165) is 0 Å². The van der Waals surface area contributed by atoms with Crippen molar-refractivity contribution in [1.29, 1.82) is 0 Å². The van der Waals surface area contributed by atoms with Gasteiger partial charge in [0.25, 0.3) is 11.8 Å². The van der Waals surface area contributed by atoms with Gasteiger partial charge in [0.2, 0.25) is 0 Å². The van der Waals surface area contributed by atoms with Gasteiger partial charge in [-0.3, -0.25) is 25.8 Å². The number of amides is 2. The summed E-state index contributed by atoms with van der Waals surface area (Å²) in [5.41, 5.74) is 5.00. The van der Waals surface area contributed by atoms with Crippen LogP contribution < -0.4 is 16.2 Å². The molecule has 5 nitrogen and oxygen atoms in total. The summed E-state index contributed by atoms with van der Waals surface area (Å²) in [6, 6.07) is 14.0. The van der Waals surface area contributed by atoms with E-state index < -0.39 is 17.6 Å². The van der Waals surface area contributed by atoms with Crippen molar-refractivity contribution in [1.82, 2.24) is 16.2 Å². The molecule has 2 aromatic carbocycles. The van der Waals surface area contributed by atoms with Crippen molar-refractivity contribution >= 4 is 29.1 Å². The van der Waals surface area contributed by atoms with E-state index in [-0.39, 0.29) is 10.7 Å². The van der Waals surface area contributed by atoms with Crippen molar-refractivity contribution in [3.05, 3.63) is 71.5 Å². The van der Waals surface area contributed by atoms with Gasteiger partial charge < -0.3 is 0 Å². The molecule has 3 N–H and O–H groups in total. The molecule has 0 aliphatic rings. The maximum Gasteiger partial charge on any atom is 0.269 e. The van der Waals surface area contributed by atoms with Crippen LogP contribution >= 0.6 is 12.2 Å². The van der Waals surface area contributed by atoms with Crippen molar-refractivity contribution in [2.75, 3.05) is 0 Å². The third kappa shape index (κ3) is 4.10. The lowest BCUT2D eigenvalue weighted by Gasteiger charge is -2.11. The van der Waals surface area contributed by atoms with Crippen molar-refractivity contribution < 1.29 is 14.0 Å². The fourth-order valence-corrected chi connectivity index (χ4v) is 1.77. The van der Waals surface area contributed by atoms with E-state index in [4.69, 9.17) is 12.2 Å². The molecule has 0 fully saturated rings. The Balaban J connectivity index is 1.87. The SMILES string of the molecule is O=C(NNC(=S)NC(=O)c1ccccc1F)c1ccccc1. The molecule has 0 unspecified atom stereocenters. The normalized spacial score (nSPS) is 9.68. The molecule has 2 aromatic rings. The molecule has 0 spiro atoms. The summed E-state index contributed by atoms with van der Waals surface area (Å²) in [5.74, 6) is -1.77. The van der Waals surface area contributed by atoms with Crippen molar-refractivity contribution in [2.24, 2.45) is 0 Å². The van der Waals surface area contributed by atoms with Gasteiger partial charge in [0.05, 0.1) is 5.56 Å². The number of hydrogen-bond acceptors (Lipinski definition) is 3. The second-order valence-electron chi connectivity index (χ2n) is 4.21. The van der Waals surface area contributed by atoms with Crippen LogP contribution in [0.5, 0.6) is 0 Å². The molecule has 0 radical (unpaired) electrons. The highest BCUT2D eigenvalue weighted by atomic mass is 32.1. The summed E-state index contributed by atoms with van der Waals surface area (Å²) >= 11 is 4.86. The van der Waals surface area contributed by atoms with Gasteiger partial charge in [0.15, 0.2) is 5.11 Å². The Morgan fingerprint density at radius 3 is 2.18 bits per heavy atom. The fourth-order valence-electron chi connectivity index (χ4n) is 1.62. The predicted molar refractivity (Wildman–Crippen MR) is 83.5 cm³/mol. The highest BCUT2D eigenvalue weighted by Gasteiger charge is 2.12. The van der Waals surface area contributed by atoms with E-state index in [9.17, 15) is 14.0 Å². The molecule has 0 aromatic heterocycles. The van der Waals surface area contributed by atoms with Gasteiger partial charge in [-0.2, -0.15) is 0 Å². The molecule has 7 heteroatoms. The summed E-state index contributed by atoms with van der Waals surface area (Å²) in [5, 5.41) is 2.13. The van der Waals surface area contributed by atoms with Gasteiger partial charge in [0.1, 0.15) is 5.82 Å². The van der Waals surface area contributed by atoms with E-state index in [1.165, 1.54) is 24.3 Å². The third-order valence-electron chi connectivity index (χ3n) is 2.67. The standard InChI is InChI=1S/C15H12FN3O2S/c16-12-9-5-4-8-11(12)14(21)17-15(22)19-18-13(20)10-6-2-1-3-7-10/h1-9H,(H,18,20)(H2,17,19,21,22). The monoisotopic (exact) mass is 317 g/mol. The highest BCUT2D eigenvalue weighted by molar-refractivity contribution is 7.80. The summed E-state index contributed by atoms with van der Waals surface area (Å²) in [4.78, 5) is 23.6. The summed E-state index contributed by atoms with van der Waals surface area (Å²) < 4.78 is 13.4. The lowest BCUT2D eigenvalue weighted by Crippen LogP contribution is -2.48. The first kappa shape index (κ1) is 15.6. The highest BCUT2D eigenvalue weighted by Crippen LogP contribution is 2.05. The topological polar surface area (TPSA) is 70.2 Å². The molecule has 0 aliphatic heterocycles. The zero-order valence-electron chi connectivity index (χ0n) is 11.3. The molecule has 0 aliphatic carbocycles. The lowest BCUT2D eigenvalue weighted by atomic mass is 10.2. The second-order valence-corrected chi connectivity index (χ2v) is 4.62. The smallest absolute Gasteiger partial charge is 0.269 e. The molecule has 2 amide bonds. The minimum atomic E-state index is -0.704. The van der Waals surface area contributed by atoms with Crippen LogP contribution in [0.2, 0.25) is 0 Å². The lowest BCUT2D eigenvalue weighted by molar-refractivity contribution is 0.0933. The van der Waals surface area contributed by atoms with E-state index in [0.29, 0.717) is 5.56 Å². The number of thiocarbonyl (C=S) groups is 1. The van der Waals surface area contributed by atoms with E-state index in [2.05, 4.69) is 16.2 Å². The van der Waals surface area contributed by atoms with Gasteiger partial charge in [-0.25, -0.2) is 4.39 Å². The van der Waals surface area contributed by atoms with E-state index >= 15 is 0 Å². The average Bonchev–Trinajstić information content (AvgIpc) is 2.53. The molecule has 0 saturated heterocycles. The van der Waals surface area contributed by atoms with Crippen LogP contribution in [0.4, 0.5) is 4.39 Å². The van der Waals surface area contributed by atoms with Crippen molar-refractivity contribution in [2.45, 2.75) is 0 Å². The van der Waals surface area contributed by atoms with Gasteiger partial charge in [-0.1, -0.05) is 30.3 Å². The van der Waals surface area contributed by atoms with Crippen LogP contribution in [0.1, 0.15) is 20.7 Å². The Bertz CT molecular complexity index is 707. The maximum atomic E-state index is 13.4. The molecule has 0 bridgehead atoms. The Kier molecular flexibility index (Phi) is 5.16. The first-order valence-electron chi connectivity index (χ1n) is 6.29. The van der Waals surface area contributed by atoms with E-state index in [1.807, 2.05) is 0 Å². The average molecular weight is 317 g/mol. The largest absolute Gasteiger partial charge is 0.298 e. The molecule has 2 rings (SSSR count). The number of hydrogen-bond donors (Lipinski definition) is 3. The van der Waals surface area contributed by atoms with Gasteiger partial charge in [-0.05, 0) is 36.5 Å².